The summed E-state index contributed by atoms with van der Waals surface area (Å²) in [5.74, 6) is 0.302. The summed E-state index contributed by atoms with van der Waals surface area (Å²) in [5, 5.41) is 2.94. The molecule has 1 N–H and O–H groups in total. The number of benzene rings is 2. The molecule has 3 unspecified atom stereocenters. The number of carbonyl (C=O) groups excluding carboxylic acids is 3. The van der Waals surface area contributed by atoms with Gasteiger partial charge in [-0.1, -0.05) is 60.7 Å². The first-order chi connectivity index (χ1) is 19.6. The lowest BCUT2D eigenvalue weighted by Gasteiger charge is -2.47. The average Bonchev–Trinajstić information content (AvgIpc) is 3.52. The molecule has 0 spiro atoms. The molecule has 1 aromatic heterocycles. The summed E-state index contributed by atoms with van der Waals surface area (Å²) >= 11 is 0. The van der Waals surface area contributed by atoms with Crippen LogP contribution in [0.4, 0.5) is 0 Å². The lowest BCUT2D eigenvalue weighted by atomic mass is 9.97. The van der Waals surface area contributed by atoms with Crippen molar-refractivity contribution in [3.8, 4) is 0 Å². The Balaban J connectivity index is 1.12. The molecule has 4 heterocycles. The zero-order valence-corrected chi connectivity index (χ0v) is 22.5. The van der Waals surface area contributed by atoms with Gasteiger partial charge in [0.2, 0.25) is 17.7 Å². The van der Waals surface area contributed by atoms with Crippen LogP contribution in [0.2, 0.25) is 0 Å². The minimum Gasteiger partial charge on any atom is -0.467 e. The molecule has 3 atom stereocenters. The Hall–Kier alpha value is -3.95. The van der Waals surface area contributed by atoms with Crippen LogP contribution in [0.1, 0.15) is 22.9 Å². The summed E-state index contributed by atoms with van der Waals surface area (Å²) < 4.78 is 5.75. The number of fused-ring (bicyclic) bond motifs is 1. The molecule has 0 saturated carbocycles. The van der Waals surface area contributed by atoms with Gasteiger partial charge in [-0.2, -0.15) is 0 Å². The number of hydrogen-bond acceptors (Lipinski definition) is 6. The predicted molar refractivity (Wildman–Crippen MR) is 149 cm³/mol. The summed E-state index contributed by atoms with van der Waals surface area (Å²) in [5.41, 5.74) is 2.27. The third-order valence-corrected chi connectivity index (χ3v) is 8.24. The molecule has 3 aromatic rings. The van der Waals surface area contributed by atoms with Crippen molar-refractivity contribution in [3.05, 3.63) is 95.9 Å². The molecule has 3 fully saturated rings. The molecule has 3 aliphatic rings. The molecule has 9 nitrogen and oxygen atoms in total. The predicted octanol–water partition coefficient (Wildman–Crippen LogP) is 1.92. The monoisotopic (exact) mass is 541 g/mol. The van der Waals surface area contributed by atoms with Crippen molar-refractivity contribution in [1.29, 1.82) is 0 Å². The van der Waals surface area contributed by atoms with Crippen LogP contribution in [-0.4, -0.2) is 95.2 Å². The van der Waals surface area contributed by atoms with E-state index >= 15 is 0 Å². The van der Waals surface area contributed by atoms with Gasteiger partial charge in [0.25, 0.3) is 0 Å². The number of nitrogens with zero attached hydrogens (tertiary/aromatic N) is 4. The lowest BCUT2D eigenvalue weighted by Crippen LogP contribution is -2.70. The van der Waals surface area contributed by atoms with Gasteiger partial charge in [0, 0.05) is 58.8 Å². The topological polar surface area (TPSA) is 89.3 Å². The number of piperazine rings is 3. The van der Waals surface area contributed by atoms with Gasteiger partial charge in [-0.25, -0.2) is 0 Å². The maximum atomic E-state index is 13.9. The van der Waals surface area contributed by atoms with Crippen molar-refractivity contribution in [3.63, 3.8) is 0 Å². The average molecular weight is 542 g/mol. The zero-order valence-electron chi connectivity index (χ0n) is 22.5. The lowest BCUT2D eigenvalue weighted by molar-refractivity contribution is -0.156. The summed E-state index contributed by atoms with van der Waals surface area (Å²) in [6, 6.07) is 21.8. The molecular weight excluding hydrogens is 506 g/mol. The maximum Gasteiger partial charge on any atom is 0.247 e. The van der Waals surface area contributed by atoms with Gasteiger partial charge in [0.05, 0.1) is 6.26 Å². The summed E-state index contributed by atoms with van der Waals surface area (Å²) in [4.78, 5) is 48.5. The van der Waals surface area contributed by atoms with E-state index in [1.165, 1.54) is 5.56 Å². The molecule has 3 aliphatic heterocycles. The van der Waals surface area contributed by atoms with Gasteiger partial charge in [-0.3, -0.25) is 24.2 Å². The molecule has 6 rings (SSSR count). The van der Waals surface area contributed by atoms with Crippen molar-refractivity contribution in [2.75, 3.05) is 45.8 Å². The van der Waals surface area contributed by atoms with E-state index in [1.807, 2.05) is 64.4 Å². The van der Waals surface area contributed by atoms with E-state index in [1.54, 1.807) is 17.2 Å². The number of amides is 3. The van der Waals surface area contributed by atoms with Crippen LogP contribution in [0.15, 0.2) is 83.5 Å². The van der Waals surface area contributed by atoms with Crippen LogP contribution in [0.5, 0.6) is 0 Å². The van der Waals surface area contributed by atoms with Crippen molar-refractivity contribution < 1.29 is 18.8 Å². The number of carbonyl (C=O) groups is 3. The van der Waals surface area contributed by atoms with Gasteiger partial charge >= 0.3 is 0 Å². The summed E-state index contributed by atoms with van der Waals surface area (Å²) in [7, 11) is 0. The molecule has 2 aromatic carbocycles. The first kappa shape index (κ1) is 26.3. The van der Waals surface area contributed by atoms with Crippen molar-refractivity contribution in [2.45, 2.75) is 31.1 Å². The SMILES string of the molecule is O=C1NC(Cc2ccccc2)C(=O)N2CCN(C(C(=O)N3CCN(Cc4ccccc4)CC3)c3ccco3)CC12. The van der Waals surface area contributed by atoms with E-state index in [2.05, 4.69) is 22.3 Å². The van der Waals surface area contributed by atoms with E-state index in [4.69, 9.17) is 4.42 Å². The Morgan fingerprint density at radius 3 is 2.23 bits per heavy atom. The largest absolute Gasteiger partial charge is 0.467 e. The van der Waals surface area contributed by atoms with Crippen LogP contribution < -0.4 is 5.32 Å². The Morgan fingerprint density at radius 2 is 1.55 bits per heavy atom. The highest BCUT2D eigenvalue weighted by molar-refractivity contribution is 5.97. The Kier molecular flexibility index (Phi) is 7.66. The quantitative estimate of drug-likeness (QED) is 0.492. The standard InChI is InChI=1S/C31H35N5O4/c37-29-26-22-35(17-18-36(26)30(38)25(32-29)20-23-8-3-1-4-9-23)28(27-12-7-19-40-27)31(39)34-15-13-33(14-16-34)21-24-10-5-2-6-11-24/h1-12,19,25-26,28H,13-18,20-22H2,(H,32,37). The molecule has 3 saturated heterocycles. The fourth-order valence-electron chi connectivity index (χ4n) is 6.09. The Morgan fingerprint density at radius 1 is 0.850 bits per heavy atom. The van der Waals surface area contributed by atoms with Crippen LogP contribution in [-0.2, 0) is 27.3 Å². The third kappa shape index (κ3) is 5.52. The van der Waals surface area contributed by atoms with Crippen LogP contribution in [0, 0.1) is 0 Å². The van der Waals surface area contributed by atoms with Crippen LogP contribution in [0.3, 0.4) is 0 Å². The van der Waals surface area contributed by atoms with Gasteiger partial charge in [0.1, 0.15) is 23.9 Å². The fourth-order valence-corrected chi connectivity index (χ4v) is 6.09. The fraction of sp³-hybridized carbons (Fsp3) is 0.387. The summed E-state index contributed by atoms with van der Waals surface area (Å²) in [6.45, 7) is 4.86. The van der Waals surface area contributed by atoms with Gasteiger partial charge in [-0.15, -0.1) is 0 Å². The van der Waals surface area contributed by atoms with Crippen LogP contribution in [0.25, 0.3) is 0 Å². The first-order valence-corrected chi connectivity index (χ1v) is 14.0. The van der Waals surface area contributed by atoms with E-state index in [9.17, 15) is 14.4 Å². The highest BCUT2D eigenvalue weighted by atomic mass is 16.3. The van der Waals surface area contributed by atoms with Gasteiger partial charge < -0.3 is 19.5 Å². The highest BCUT2D eigenvalue weighted by Crippen LogP contribution is 2.29. The van der Waals surface area contributed by atoms with Crippen molar-refractivity contribution in [1.82, 2.24) is 24.9 Å². The molecule has 0 aliphatic carbocycles. The second-order valence-electron chi connectivity index (χ2n) is 10.8. The normalized spacial score (nSPS) is 23.0. The third-order valence-electron chi connectivity index (χ3n) is 8.24. The highest BCUT2D eigenvalue weighted by Gasteiger charge is 2.46. The molecule has 3 amide bonds. The minimum atomic E-state index is -0.638. The number of hydrogen-bond donors (Lipinski definition) is 1. The minimum absolute atomic E-state index is 0.0211. The second-order valence-corrected chi connectivity index (χ2v) is 10.8. The molecule has 0 bridgehead atoms. The second kappa shape index (κ2) is 11.7. The number of furan rings is 1. The van der Waals surface area contributed by atoms with E-state index in [-0.39, 0.29) is 24.3 Å². The van der Waals surface area contributed by atoms with E-state index in [0.717, 1.165) is 25.2 Å². The molecule has 208 valence electrons. The maximum absolute atomic E-state index is 13.9. The van der Waals surface area contributed by atoms with Crippen molar-refractivity contribution >= 4 is 17.7 Å². The van der Waals surface area contributed by atoms with Crippen molar-refractivity contribution in [2.24, 2.45) is 0 Å². The number of nitrogens with one attached hydrogen (secondary N) is 1. The van der Waals surface area contributed by atoms with E-state index < -0.39 is 18.1 Å². The van der Waals surface area contributed by atoms with Gasteiger partial charge in [-0.05, 0) is 23.3 Å². The van der Waals surface area contributed by atoms with Crippen LogP contribution >= 0.6 is 0 Å². The van der Waals surface area contributed by atoms with E-state index in [0.29, 0.717) is 38.4 Å². The first-order valence-electron chi connectivity index (χ1n) is 14.0. The molecule has 9 heteroatoms. The Bertz CT molecular complexity index is 1310. The molecule has 0 radical (unpaired) electrons. The number of rotatable bonds is 7. The smallest absolute Gasteiger partial charge is 0.247 e. The molecular formula is C31H35N5O4. The molecule has 40 heavy (non-hydrogen) atoms. The van der Waals surface area contributed by atoms with Gasteiger partial charge in [0.15, 0.2) is 0 Å². The Labute approximate surface area is 234 Å². The zero-order chi connectivity index (χ0) is 27.5. The summed E-state index contributed by atoms with van der Waals surface area (Å²) in [6.07, 6.45) is 2.04.